The van der Waals surface area contributed by atoms with E-state index in [1.807, 2.05) is 0 Å². The highest BCUT2D eigenvalue weighted by Gasteiger charge is 2.20. The van der Waals surface area contributed by atoms with Gasteiger partial charge in [-0.1, -0.05) is 6.58 Å². The number of carbonyl (C=O) groups is 2. The number of thiol groups is 1. The first kappa shape index (κ1) is 17.3. The zero-order valence-corrected chi connectivity index (χ0v) is 9.61. The minimum absolute atomic E-state index is 0.227. The summed E-state index contributed by atoms with van der Waals surface area (Å²) in [6.45, 7) is 2.96. The number of hydrogen-bond acceptors (Lipinski definition) is 5. The molecule has 0 aromatic carbocycles. The Morgan fingerprint density at radius 3 is 1.88 bits per heavy atom. The van der Waals surface area contributed by atoms with Crippen LogP contribution in [0.25, 0.3) is 0 Å². The molecule has 10 heteroatoms. The van der Waals surface area contributed by atoms with Crippen molar-refractivity contribution in [1.29, 1.82) is 0 Å². The molecule has 0 aliphatic carbocycles. The lowest BCUT2D eigenvalue weighted by atomic mass is 10.4. The van der Waals surface area contributed by atoms with Gasteiger partial charge < -0.3 is 10.2 Å². The van der Waals surface area contributed by atoms with E-state index in [0.717, 1.165) is 6.08 Å². The zero-order chi connectivity index (χ0) is 13.4. The zero-order valence-electron chi connectivity index (χ0n) is 7.90. The average Bonchev–Trinajstić information content (AvgIpc) is 2.13. The lowest BCUT2D eigenvalue weighted by molar-refractivity contribution is -0.138. The Morgan fingerprint density at radius 2 is 1.81 bits per heavy atom. The van der Waals surface area contributed by atoms with Crippen LogP contribution in [-0.4, -0.2) is 46.9 Å². The van der Waals surface area contributed by atoms with Crippen molar-refractivity contribution in [2.45, 2.75) is 6.04 Å². The lowest BCUT2D eigenvalue weighted by Crippen LogP contribution is -2.41. The minimum Gasteiger partial charge on any atom is -0.480 e. The van der Waals surface area contributed by atoms with Crippen LogP contribution in [0.2, 0.25) is 0 Å². The maximum Gasteiger partial charge on any atom is 0.334 e. The molecule has 0 aromatic rings. The highest BCUT2D eigenvalue weighted by Crippen LogP contribution is 1.89. The smallest absolute Gasteiger partial charge is 0.334 e. The second-order valence-electron chi connectivity index (χ2n) is 2.21. The molecule has 0 amide bonds. The summed E-state index contributed by atoms with van der Waals surface area (Å²) >= 11 is 3.55. The summed E-state index contributed by atoms with van der Waals surface area (Å²) in [6.07, 6.45) is 0.833. The topological polar surface area (TPSA) is 141 Å². The van der Waals surface area contributed by atoms with Crippen LogP contribution >= 0.6 is 12.6 Å². The van der Waals surface area contributed by atoms with Gasteiger partial charge >= 0.3 is 22.2 Å². The predicted octanol–water partition coefficient (Wildman–Crippen LogP) is -0.981. The van der Waals surface area contributed by atoms with Gasteiger partial charge in [-0.15, -0.1) is 0 Å². The molecule has 0 rings (SSSR count). The second kappa shape index (κ2) is 8.10. The normalized spacial score (nSPS) is 11.9. The highest BCUT2D eigenvalue weighted by molar-refractivity contribution is 7.84. The summed E-state index contributed by atoms with van der Waals surface area (Å²) in [6, 6.07) is -1.40. The van der Waals surface area contributed by atoms with Gasteiger partial charge in [0.15, 0.2) is 0 Å². The van der Waals surface area contributed by atoms with Gasteiger partial charge in [-0.05, 0) is 0 Å². The summed E-state index contributed by atoms with van der Waals surface area (Å²) in [4.78, 5) is 19.4. The lowest BCUT2D eigenvalue weighted by Gasteiger charge is -2.07. The first-order valence-electron chi connectivity index (χ1n) is 3.57. The van der Waals surface area contributed by atoms with Crippen molar-refractivity contribution in [3.05, 3.63) is 12.7 Å². The molecule has 16 heavy (non-hydrogen) atoms. The Bertz CT molecular complexity index is 350. The first-order chi connectivity index (χ1) is 7.14. The summed E-state index contributed by atoms with van der Waals surface area (Å²) in [5.74, 6) is -2.60. The molecule has 0 saturated heterocycles. The molecule has 4 N–H and O–H groups in total. The van der Waals surface area contributed by atoms with Gasteiger partial charge in [0, 0.05) is 11.8 Å². The third-order valence-corrected chi connectivity index (χ3v) is 1.89. The molecule has 0 heterocycles. The summed E-state index contributed by atoms with van der Waals surface area (Å²) in [5, 5.41) is 15.9. The van der Waals surface area contributed by atoms with E-state index in [4.69, 9.17) is 14.8 Å². The molecule has 0 aromatic heterocycles. The van der Waals surface area contributed by atoms with Crippen molar-refractivity contribution in [2.24, 2.45) is 0 Å². The van der Waals surface area contributed by atoms with E-state index in [-0.39, 0.29) is 5.75 Å². The van der Waals surface area contributed by atoms with Crippen LogP contribution in [0.3, 0.4) is 0 Å². The Kier molecular flexibility index (Phi) is 8.76. The second-order valence-corrected chi connectivity index (χ2v) is 3.76. The number of carboxylic acids is 2. The van der Waals surface area contributed by atoms with Crippen molar-refractivity contribution < 1.29 is 32.8 Å². The van der Waals surface area contributed by atoms with Gasteiger partial charge in [0.2, 0.25) is 0 Å². The maximum atomic E-state index is 10.1. The van der Waals surface area contributed by atoms with Gasteiger partial charge in [-0.2, -0.15) is 25.8 Å². The van der Waals surface area contributed by atoms with Crippen LogP contribution in [0.4, 0.5) is 0 Å². The van der Waals surface area contributed by atoms with Crippen molar-refractivity contribution in [3.63, 3.8) is 0 Å². The summed E-state index contributed by atoms with van der Waals surface area (Å²) in [7, 11) is -4.46. The number of carboxylic acid groups (broad SMARTS) is 2. The average molecular weight is 273 g/mol. The van der Waals surface area contributed by atoms with Crippen molar-refractivity contribution in [2.75, 3.05) is 5.75 Å². The van der Waals surface area contributed by atoms with Crippen LogP contribution in [0.1, 0.15) is 0 Å². The molecule has 0 bridgehead atoms. The summed E-state index contributed by atoms with van der Waals surface area (Å²) in [5.41, 5.74) is 0. The molecule has 0 fully saturated rings. The fraction of sp³-hybridized carbons (Fsp3) is 0.333. The van der Waals surface area contributed by atoms with Crippen LogP contribution in [0.5, 0.6) is 0 Å². The number of rotatable bonds is 5. The van der Waals surface area contributed by atoms with Crippen LogP contribution in [0.15, 0.2) is 12.7 Å². The van der Waals surface area contributed by atoms with Crippen LogP contribution in [0, 0.1) is 0 Å². The van der Waals surface area contributed by atoms with Crippen molar-refractivity contribution >= 4 is 34.9 Å². The Balaban J connectivity index is 0. The largest absolute Gasteiger partial charge is 0.480 e. The SMILES string of the molecule is C=CC(=O)O.O=C(O)[C@H](CS)NS(=O)(=O)O. The van der Waals surface area contributed by atoms with E-state index in [2.05, 4.69) is 19.2 Å². The van der Waals surface area contributed by atoms with E-state index < -0.39 is 28.3 Å². The quantitative estimate of drug-likeness (QED) is 0.246. The fourth-order valence-corrected chi connectivity index (χ4v) is 1.26. The first-order valence-corrected chi connectivity index (χ1v) is 5.65. The Labute approximate surface area is 97.3 Å². The van der Waals surface area contributed by atoms with E-state index in [9.17, 15) is 18.0 Å². The standard InChI is InChI=1S/C3H7NO5S2.C3H4O2/c5-3(6)2(1-10)4-11(7,8)9;1-2-3(4)5/h2,4,10H,1H2,(H,5,6)(H,7,8,9);2H,1H2,(H,4,5)/t2-;/m0./s1. The molecule has 0 spiro atoms. The minimum atomic E-state index is -4.46. The van der Waals surface area contributed by atoms with Gasteiger partial charge in [0.1, 0.15) is 6.04 Å². The maximum absolute atomic E-state index is 10.1. The molecule has 0 saturated carbocycles. The number of hydrogen-bond donors (Lipinski definition) is 5. The van der Waals surface area contributed by atoms with Gasteiger partial charge in [0.25, 0.3) is 0 Å². The highest BCUT2D eigenvalue weighted by atomic mass is 32.2. The fourth-order valence-electron chi connectivity index (χ4n) is 0.346. The number of nitrogens with one attached hydrogen (secondary N) is 1. The van der Waals surface area contributed by atoms with Gasteiger partial charge in [0.05, 0.1) is 0 Å². The predicted molar refractivity (Wildman–Crippen MR) is 57.8 cm³/mol. The van der Waals surface area contributed by atoms with Crippen molar-refractivity contribution in [1.82, 2.24) is 4.72 Å². The molecule has 0 aliphatic rings. The van der Waals surface area contributed by atoms with E-state index in [1.54, 1.807) is 0 Å². The molecule has 1 atom stereocenters. The Hall–Kier alpha value is -1.10. The molecular weight excluding hydrogens is 262 g/mol. The molecule has 0 unspecified atom stereocenters. The van der Waals surface area contributed by atoms with Gasteiger partial charge in [-0.3, -0.25) is 9.35 Å². The van der Waals surface area contributed by atoms with E-state index in [1.165, 1.54) is 4.72 Å². The molecule has 94 valence electrons. The molecule has 0 aliphatic heterocycles. The summed E-state index contributed by atoms with van der Waals surface area (Å²) < 4.78 is 29.7. The van der Waals surface area contributed by atoms with E-state index in [0.29, 0.717) is 0 Å². The van der Waals surface area contributed by atoms with E-state index >= 15 is 0 Å². The molecule has 8 nitrogen and oxygen atoms in total. The molecular formula is C6H11NO7S2. The third kappa shape index (κ3) is 12.9. The number of aliphatic carboxylic acids is 2. The third-order valence-electron chi connectivity index (χ3n) is 0.946. The Morgan fingerprint density at radius 1 is 1.44 bits per heavy atom. The van der Waals surface area contributed by atoms with Crippen LogP contribution in [-0.2, 0) is 19.9 Å². The molecule has 0 radical (unpaired) electrons. The van der Waals surface area contributed by atoms with Crippen molar-refractivity contribution in [3.8, 4) is 0 Å². The monoisotopic (exact) mass is 273 g/mol. The van der Waals surface area contributed by atoms with Crippen LogP contribution < -0.4 is 4.72 Å². The van der Waals surface area contributed by atoms with Gasteiger partial charge in [-0.25, -0.2) is 4.79 Å².